The van der Waals surface area contributed by atoms with Crippen LogP contribution in [-0.4, -0.2) is 43.7 Å². The third kappa shape index (κ3) is 5.04. The molecule has 0 amide bonds. The second kappa shape index (κ2) is 9.07. The van der Waals surface area contributed by atoms with Gasteiger partial charge in [-0.15, -0.1) is 0 Å². The molecule has 2 aromatic carbocycles. The number of carbonyl (C=O) groups excluding carboxylic acids is 2. The predicted octanol–water partition coefficient (Wildman–Crippen LogP) is 3.94. The van der Waals surface area contributed by atoms with Crippen LogP contribution in [0.2, 0.25) is 5.02 Å². The minimum absolute atomic E-state index is 0.0468. The van der Waals surface area contributed by atoms with E-state index in [2.05, 4.69) is 0 Å². The lowest BCUT2D eigenvalue weighted by Gasteiger charge is -2.26. The van der Waals surface area contributed by atoms with Crippen LogP contribution in [0.15, 0.2) is 53.4 Å². The van der Waals surface area contributed by atoms with Crippen LogP contribution in [0.5, 0.6) is 0 Å². The van der Waals surface area contributed by atoms with Gasteiger partial charge in [-0.2, -0.15) is 4.31 Å². The van der Waals surface area contributed by atoms with Crippen LogP contribution in [0.4, 0.5) is 0 Å². The van der Waals surface area contributed by atoms with Gasteiger partial charge in [-0.3, -0.25) is 4.79 Å². The molecule has 154 valence electrons. The number of carbonyl (C=O) groups is 2. The van der Waals surface area contributed by atoms with E-state index in [0.717, 1.165) is 19.3 Å². The van der Waals surface area contributed by atoms with Crippen LogP contribution in [0.1, 0.15) is 46.9 Å². The number of Topliss-reactive ketones (excluding diaryl/α,β-unsaturated/α-hetero) is 1. The van der Waals surface area contributed by atoms with Crippen LogP contribution in [0.3, 0.4) is 0 Å². The number of benzene rings is 2. The van der Waals surface area contributed by atoms with Crippen molar-refractivity contribution in [3.05, 3.63) is 64.7 Å². The third-order valence-electron chi connectivity index (χ3n) is 4.80. The summed E-state index contributed by atoms with van der Waals surface area (Å²) in [6, 6.07) is 12.0. The van der Waals surface area contributed by atoms with Crippen LogP contribution in [0, 0.1) is 0 Å². The van der Waals surface area contributed by atoms with Gasteiger partial charge in [-0.05, 0) is 62.2 Å². The highest BCUT2D eigenvalue weighted by Crippen LogP contribution is 2.22. The van der Waals surface area contributed by atoms with Crippen molar-refractivity contribution in [2.45, 2.75) is 37.2 Å². The fourth-order valence-electron chi connectivity index (χ4n) is 3.17. The largest absolute Gasteiger partial charge is 0.451 e. The first-order chi connectivity index (χ1) is 13.8. The maximum absolute atomic E-state index is 12.8. The Morgan fingerprint density at radius 2 is 1.66 bits per heavy atom. The summed E-state index contributed by atoms with van der Waals surface area (Å²) in [4.78, 5) is 25.0. The van der Waals surface area contributed by atoms with Gasteiger partial charge in [0, 0.05) is 23.7 Å². The molecule has 0 spiro atoms. The lowest BCUT2D eigenvalue weighted by Crippen LogP contribution is -2.35. The van der Waals surface area contributed by atoms with E-state index in [-0.39, 0.29) is 16.2 Å². The zero-order valence-corrected chi connectivity index (χ0v) is 17.6. The van der Waals surface area contributed by atoms with Crippen molar-refractivity contribution in [1.82, 2.24) is 4.31 Å². The van der Waals surface area contributed by atoms with E-state index in [1.54, 1.807) is 24.3 Å². The van der Waals surface area contributed by atoms with Crippen LogP contribution >= 0.6 is 11.6 Å². The number of esters is 1. The summed E-state index contributed by atoms with van der Waals surface area (Å²) in [6.07, 6.45) is 1.64. The molecule has 3 rings (SSSR count). The van der Waals surface area contributed by atoms with Gasteiger partial charge in [-0.1, -0.05) is 24.1 Å². The molecule has 1 aliphatic heterocycles. The lowest BCUT2D eigenvalue weighted by atomic mass is 10.1. The molecule has 0 aliphatic carbocycles. The Kier molecular flexibility index (Phi) is 6.72. The number of nitrogens with zero attached hydrogens (tertiary/aromatic N) is 1. The van der Waals surface area contributed by atoms with Gasteiger partial charge in [0.1, 0.15) is 0 Å². The molecule has 8 heteroatoms. The molecule has 1 unspecified atom stereocenters. The molecule has 0 bridgehead atoms. The summed E-state index contributed by atoms with van der Waals surface area (Å²) in [6.45, 7) is 2.43. The zero-order chi connectivity index (χ0) is 21.0. The quantitative estimate of drug-likeness (QED) is 0.507. The van der Waals surface area contributed by atoms with Gasteiger partial charge >= 0.3 is 5.97 Å². The third-order valence-corrected chi connectivity index (χ3v) is 6.95. The Bertz CT molecular complexity index is 998. The number of sulfonamides is 1. The first-order valence-electron chi connectivity index (χ1n) is 9.40. The van der Waals surface area contributed by atoms with E-state index in [4.69, 9.17) is 16.3 Å². The summed E-state index contributed by atoms with van der Waals surface area (Å²) in [5, 5.41) is 0.498. The summed E-state index contributed by atoms with van der Waals surface area (Å²) < 4.78 is 32.3. The Balaban J connectivity index is 1.73. The summed E-state index contributed by atoms with van der Waals surface area (Å²) in [7, 11) is -3.66. The van der Waals surface area contributed by atoms with Gasteiger partial charge in [0.15, 0.2) is 6.10 Å². The molecule has 29 heavy (non-hydrogen) atoms. The highest BCUT2D eigenvalue weighted by Gasteiger charge is 2.27. The summed E-state index contributed by atoms with van der Waals surface area (Å²) >= 11 is 5.82. The second-order valence-corrected chi connectivity index (χ2v) is 9.29. The van der Waals surface area contributed by atoms with Gasteiger partial charge in [-0.25, -0.2) is 13.2 Å². The molecule has 2 aromatic rings. The molecule has 0 N–H and O–H groups in total. The van der Waals surface area contributed by atoms with Gasteiger partial charge in [0.2, 0.25) is 15.8 Å². The Morgan fingerprint density at radius 1 is 1.00 bits per heavy atom. The minimum Gasteiger partial charge on any atom is -0.451 e. The Hall–Kier alpha value is -2.22. The molecule has 0 aromatic heterocycles. The molecule has 0 saturated carbocycles. The minimum atomic E-state index is -3.66. The number of ketones is 1. The SMILES string of the molecule is CC(OC(=O)c1cccc(S(=O)(=O)N2CCCCC2)c1)C(=O)c1ccc(Cl)cc1. The van der Waals surface area contributed by atoms with E-state index in [1.807, 2.05) is 0 Å². The van der Waals surface area contributed by atoms with E-state index >= 15 is 0 Å². The fraction of sp³-hybridized carbons (Fsp3) is 0.333. The number of ether oxygens (including phenoxy) is 1. The zero-order valence-electron chi connectivity index (χ0n) is 16.0. The van der Waals surface area contributed by atoms with E-state index in [0.29, 0.717) is 23.7 Å². The molecular formula is C21H22ClNO5S. The standard InChI is InChI=1S/C21H22ClNO5S/c1-15(20(24)16-8-10-18(22)11-9-16)28-21(25)17-6-5-7-19(14-17)29(26,27)23-12-3-2-4-13-23/h5-11,14-15H,2-4,12-13H2,1H3. The number of piperidine rings is 1. The van der Waals surface area contributed by atoms with Crippen molar-refractivity contribution in [1.29, 1.82) is 0 Å². The van der Waals surface area contributed by atoms with Crippen molar-refractivity contribution in [2.75, 3.05) is 13.1 Å². The normalized spacial score (nSPS) is 16.2. The van der Waals surface area contributed by atoms with Crippen molar-refractivity contribution in [3.8, 4) is 0 Å². The number of halogens is 1. The number of rotatable bonds is 6. The van der Waals surface area contributed by atoms with E-state index in [9.17, 15) is 18.0 Å². The smallest absolute Gasteiger partial charge is 0.338 e. The molecule has 6 nitrogen and oxygen atoms in total. The highest BCUT2D eigenvalue weighted by molar-refractivity contribution is 7.89. The molecule has 1 fully saturated rings. The molecule has 1 heterocycles. The van der Waals surface area contributed by atoms with Crippen molar-refractivity contribution < 1.29 is 22.7 Å². The summed E-state index contributed by atoms with van der Waals surface area (Å²) in [5.41, 5.74) is 0.454. The lowest BCUT2D eigenvalue weighted by molar-refractivity contribution is 0.0318. The molecule has 1 aliphatic rings. The van der Waals surface area contributed by atoms with E-state index < -0.39 is 22.1 Å². The highest BCUT2D eigenvalue weighted by atomic mass is 35.5. The second-order valence-electron chi connectivity index (χ2n) is 6.91. The van der Waals surface area contributed by atoms with Crippen molar-refractivity contribution in [3.63, 3.8) is 0 Å². The fourth-order valence-corrected chi connectivity index (χ4v) is 4.86. The molecular weight excluding hydrogens is 414 g/mol. The van der Waals surface area contributed by atoms with E-state index in [1.165, 1.54) is 35.5 Å². The topological polar surface area (TPSA) is 80.8 Å². The number of hydrogen-bond donors (Lipinski definition) is 0. The maximum atomic E-state index is 12.8. The van der Waals surface area contributed by atoms with Crippen molar-refractivity contribution >= 4 is 33.4 Å². The van der Waals surface area contributed by atoms with Crippen LogP contribution < -0.4 is 0 Å². The molecule has 1 atom stereocenters. The molecule has 1 saturated heterocycles. The van der Waals surface area contributed by atoms with Crippen LogP contribution in [0.25, 0.3) is 0 Å². The molecule has 0 radical (unpaired) electrons. The van der Waals surface area contributed by atoms with Gasteiger partial charge in [0.05, 0.1) is 10.5 Å². The number of hydrogen-bond acceptors (Lipinski definition) is 5. The van der Waals surface area contributed by atoms with Crippen molar-refractivity contribution in [2.24, 2.45) is 0 Å². The Labute approximate surface area is 175 Å². The van der Waals surface area contributed by atoms with Gasteiger partial charge < -0.3 is 4.74 Å². The first-order valence-corrected chi connectivity index (χ1v) is 11.2. The monoisotopic (exact) mass is 435 g/mol. The first kappa shape index (κ1) is 21.5. The summed E-state index contributed by atoms with van der Waals surface area (Å²) in [5.74, 6) is -1.12. The Morgan fingerprint density at radius 3 is 2.31 bits per heavy atom. The maximum Gasteiger partial charge on any atom is 0.338 e. The predicted molar refractivity (Wildman–Crippen MR) is 110 cm³/mol. The van der Waals surface area contributed by atoms with Gasteiger partial charge in [0.25, 0.3) is 0 Å². The van der Waals surface area contributed by atoms with Crippen LogP contribution in [-0.2, 0) is 14.8 Å². The average Bonchev–Trinajstić information content (AvgIpc) is 2.74. The average molecular weight is 436 g/mol.